The lowest BCUT2D eigenvalue weighted by molar-refractivity contribution is 0.107. The van der Waals surface area contributed by atoms with Gasteiger partial charge in [0.05, 0.1) is 0 Å². The smallest absolute Gasteiger partial charge is 0.219 e. The van der Waals surface area contributed by atoms with Crippen molar-refractivity contribution in [3.05, 3.63) is 70.8 Å². The molecule has 23 heavy (non-hydrogen) atoms. The average Bonchev–Trinajstić information content (AvgIpc) is 2.55. The fourth-order valence-electron chi connectivity index (χ4n) is 2.32. The van der Waals surface area contributed by atoms with Crippen molar-refractivity contribution in [3.63, 3.8) is 0 Å². The molecule has 0 N–H and O–H groups in total. The van der Waals surface area contributed by atoms with E-state index < -0.39 is 0 Å². The number of hydrogen-bond acceptors (Lipinski definition) is 3. The van der Waals surface area contributed by atoms with E-state index in [0.717, 1.165) is 34.4 Å². The van der Waals surface area contributed by atoms with Crippen molar-refractivity contribution < 1.29 is 9.59 Å². The summed E-state index contributed by atoms with van der Waals surface area (Å²) in [5.74, 6) is 0.727. The molecule has 2 aromatic rings. The molecule has 0 saturated heterocycles. The predicted octanol–water partition coefficient (Wildman–Crippen LogP) is 4.53. The van der Waals surface area contributed by atoms with Crippen LogP contribution in [0.25, 0.3) is 0 Å². The summed E-state index contributed by atoms with van der Waals surface area (Å²) in [5, 5.41) is 0.105. The van der Waals surface area contributed by atoms with Crippen molar-refractivity contribution in [1.29, 1.82) is 0 Å². The summed E-state index contributed by atoms with van der Waals surface area (Å²) in [5.41, 5.74) is 3.61. The third-order valence-electron chi connectivity index (χ3n) is 3.69. The lowest BCUT2D eigenvalue weighted by Gasteiger charge is -2.05. The van der Waals surface area contributed by atoms with Crippen LogP contribution in [0.5, 0.6) is 0 Å². The maximum Gasteiger partial charge on any atom is 0.219 e. The Morgan fingerprint density at radius 2 is 1.48 bits per heavy atom. The topological polar surface area (TPSA) is 34.1 Å². The van der Waals surface area contributed by atoms with Crippen molar-refractivity contribution >= 4 is 29.8 Å². The zero-order chi connectivity index (χ0) is 16.7. The van der Waals surface area contributed by atoms with E-state index in [1.54, 1.807) is 7.28 Å². The van der Waals surface area contributed by atoms with Crippen LogP contribution in [0.4, 0.5) is 0 Å². The van der Waals surface area contributed by atoms with Gasteiger partial charge in [-0.1, -0.05) is 73.0 Å². The third kappa shape index (κ3) is 5.10. The van der Waals surface area contributed by atoms with Gasteiger partial charge in [0.25, 0.3) is 0 Å². The molecule has 1 radical (unpaired) electrons. The fourth-order valence-corrected chi connectivity index (χ4v) is 3.20. The molecule has 0 heterocycles. The molecule has 0 aromatic heterocycles. The van der Waals surface area contributed by atoms with Gasteiger partial charge in [0.1, 0.15) is 5.68 Å². The van der Waals surface area contributed by atoms with Crippen LogP contribution in [0.15, 0.2) is 48.5 Å². The Balaban J connectivity index is 1.72. The molecule has 2 nitrogen and oxygen atoms in total. The van der Waals surface area contributed by atoms with Gasteiger partial charge in [0, 0.05) is 16.9 Å². The highest BCUT2D eigenvalue weighted by Gasteiger charge is 2.11. The Labute approximate surface area is 142 Å². The monoisotopic (exact) mass is 323 g/mol. The van der Waals surface area contributed by atoms with Crippen molar-refractivity contribution in [3.8, 4) is 0 Å². The molecule has 0 aliphatic heterocycles. The van der Waals surface area contributed by atoms with Gasteiger partial charge in [0.15, 0.2) is 0 Å². The Kier molecular flexibility index (Phi) is 6.66. The van der Waals surface area contributed by atoms with E-state index in [-0.39, 0.29) is 10.8 Å². The van der Waals surface area contributed by atoms with Gasteiger partial charge in [-0.3, -0.25) is 4.79 Å². The first-order valence-electron chi connectivity index (χ1n) is 7.75. The highest BCUT2D eigenvalue weighted by atomic mass is 32.2. The number of carbonyl (C=O) groups excluding carboxylic acids is 2. The zero-order valence-corrected chi connectivity index (χ0v) is 14.4. The molecular formula is C19H20BO2S. The average molecular weight is 323 g/mol. The second-order valence-electron chi connectivity index (χ2n) is 5.48. The second-order valence-corrected chi connectivity index (χ2v) is 6.54. The molecule has 0 bridgehead atoms. The molecule has 117 valence electrons. The largest absolute Gasteiger partial charge is 0.307 e. The predicted molar refractivity (Wildman–Crippen MR) is 98.7 cm³/mol. The minimum Gasteiger partial charge on any atom is -0.307 e. The van der Waals surface area contributed by atoms with Crippen LogP contribution in [0, 0.1) is 13.8 Å². The van der Waals surface area contributed by atoms with E-state index in [1.807, 2.05) is 62.4 Å². The van der Waals surface area contributed by atoms with Crippen molar-refractivity contribution in [2.45, 2.75) is 26.6 Å². The Hall–Kier alpha value is -1.81. The molecule has 2 rings (SSSR count). The van der Waals surface area contributed by atoms with E-state index in [2.05, 4.69) is 0 Å². The SMILES string of the molecule is Cc1ccccc1C(=O)[B]CCCSC(=O)c1ccccc1C. The number of rotatable bonds is 7. The summed E-state index contributed by atoms with van der Waals surface area (Å²) < 4.78 is 0. The van der Waals surface area contributed by atoms with Crippen LogP contribution in [-0.4, -0.2) is 23.8 Å². The van der Waals surface area contributed by atoms with Crippen molar-refractivity contribution in [2.75, 3.05) is 5.75 Å². The van der Waals surface area contributed by atoms with E-state index in [9.17, 15) is 9.59 Å². The molecule has 4 heteroatoms. The molecule has 0 aliphatic rings. The molecular weight excluding hydrogens is 303 g/mol. The normalized spacial score (nSPS) is 10.3. The maximum atomic E-state index is 12.1. The molecule has 2 aromatic carbocycles. The first kappa shape index (κ1) is 17.5. The highest BCUT2D eigenvalue weighted by Crippen LogP contribution is 2.17. The number of hydrogen-bond donors (Lipinski definition) is 0. The van der Waals surface area contributed by atoms with Gasteiger partial charge >= 0.3 is 0 Å². The van der Waals surface area contributed by atoms with E-state index in [1.165, 1.54) is 11.8 Å². The van der Waals surface area contributed by atoms with Gasteiger partial charge in [-0.15, -0.1) is 0 Å². The van der Waals surface area contributed by atoms with Gasteiger partial charge in [-0.25, -0.2) is 0 Å². The minimum absolute atomic E-state index is 0.0679. The van der Waals surface area contributed by atoms with E-state index in [4.69, 9.17) is 0 Å². The summed E-state index contributed by atoms with van der Waals surface area (Å²) in [4.78, 5) is 24.2. The lowest BCUT2D eigenvalue weighted by Crippen LogP contribution is -2.11. The minimum atomic E-state index is 0.0679. The van der Waals surface area contributed by atoms with Crippen LogP contribution in [0.3, 0.4) is 0 Å². The third-order valence-corrected chi connectivity index (χ3v) is 4.66. The molecule has 0 aliphatic carbocycles. The Morgan fingerprint density at radius 1 is 0.913 bits per heavy atom. The van der Waals surface area contributed by atoms with Gasteiger partial charge in [-0.05, 0) is 25.0 Å². The molecule has 0 saturated carbocycles. The maximum absolute atomic E-state index is 12.1. The highest BCUT2D eigenvalue weighted by molar-refractivity contribution is 8.14. The lowest BCUT2D eigenvalue weighted by atomic mass is 9.66. The number of carbonyl (C=O) groups is 2. The van der Waals surface area contributed by atoms with Gasteiger partial charge in [-0.2, -0.15) is 0 Å². The van der Waals surface area contributed by atoms with Crippen LogP contribution in [-0.2, 0) is 0 Å². The van der Waals surface area contributed by atoms with Gasteiger partial charge < -0.3 is 4.79 Å². The number of thioether (sulfide) groups is 1. The fraction of sp³-hybridized carbons (Fsp3) is 0.263. The number of benzene rings is 2. The van der Waals surface area contributed by atoms with Crippen LogP contribution < -0.4 is 0 Å². The molecule has 0 unspecified atom stereocenters. The first-order valence-corrected chi connectivity index (χ1v) is 8.74. The molecule has 0 fully saturated rings. The molecule has 0 amide bonds. The van der Waals surface area contributed by atoms with E-state index in [0.29, 0.717) is 6.32 Å². The van der Waals surface area contributed by atoms with Gasteiger partial charge in [0.2, 0.25) is 12.4 Å². The van der Waals surface area contributed by atoms with Crippen LogP contribution in [0.2, 0.25) is 6.32 Å². The first-order chi connectivity index (χ1) is 11.1. The summed E-state index contributed by atoms with van der Waals surface area (Å²) in [6, 6.07) is 15.2. The summed E-state index contributed by atoms with van der Waals surface area (Å²) >= 11 is 1.32. The second kappa shape index (κ2) is 8.73. The summed E-state index contributed by atoms with van der Waals surface area (Å²) in [7, 11) is 1.72. The van der Waals surface area contributed by atoms with Crippen molar-refractivity contribution in [2.24, 2.45) is 0 Å². The Bertz CT molecular complexity index is 638. The summed E-state index contributed by atoms with van der Waals surface area (Å²) in [6.07, 6.45) is 1.52. The molecule has 0 atom stereocenters. The Morgan fingerprint density at radius 3 is 2.09 bits per heavy atom. The molecule has 0 spiro atoms. The van der Waals surface area contributed by atoms with Crippen LogP contribution >= 0.6 is 11.8 Å². The summed E-state index contributed by atoms with van der Waals surface area (Å²) in [6.45, 7) is 3.89. The zero-order valence-electron chi connectivity index (χ0n) is 13.5. The van der Waals surface area contributed by atoms with Crippen molar-refractivity contribution in [1.82, 2.24) is 0 Å². The quantitative estimate of drug-likeness (QED) is 0.554. The number of aryl methyl sites for hydroxylation is 2. The standard InChI is InChI=1S/C19H20BO2S/c1-14-8-3-5-10-16(14)18(21)20-12-7-13-23-19(22)17-11-6-4-9-15(17)2/h3-6,8-11H,7,12-13H2,1-2H3. The van der Waals surface area contributed by atoms with E-state index >= 15 is 0 Å². The van der Waals surface area contributed by atoms with Crippen LogP contribution in [0.1, 0.15) is 38.3 Å².